The molecule has 1 aromatic heterocycles. The van der Waals surface area contributed by atoms with Crippen molar-refractivity contribution in [3.05, 3.63) is 63.5 Å². The lowest BCUT2D eigenvalue weighted by molar-refractivity contribution is -0.914. The van der Waals surface area contributed by atoms with Crippen LogP contribution in [-0.4, -0.2) is 36.4 Å². The molecule has 0 saturated carbocycles. The van der Waals surface area contributed by atoms with Gasteiger partial charge in [-0.05, 0) is 30.3 Å². The second kappa shape index (κ2) is 7.13. The van der Waals surface area contributed by atoms with Crippen molar-refractivity contribution >= 4 is 28.3 Å². The van der Waals surface area contributed by atoms with E-state index in [1.807, 2.05) is 18.2 Å². The van der Waals surface area contributed by atoms with Crippen LogP contribution >= 0.6 is 11.6 Å². The van der Waals surface area contributed by atoms with Gasteiger partial charge >= 0.3 is 5.63 Å². The van der Waals surface area contributed by atoms with Gasteiger partial charge in [-0.15, -0.1) is 0 Å². The Labute approximate surface area is 160 Å². The fourth-order valence-corrected chi connectivity index (χ4v) is 3.80. The summed E-state index contributed by atoms with van der Waals surface area (Å²) in [6.45, 7) is 4.26. The van der Waals surface area contributed by atoms with Crippen molar-refractivity contribution in [1.82, 2.24) is 0 Å². The highest BCUT2D eigenvalue weighted by molar-refractivity contribution is 6.30. The van der Waals surface area contributed by atoms with Gasteiger partial charge in [0.1, 0.15) is 6.54 Å². The number of halogens is 1. The molecule has 27 heavy (non-hydrogen) atoms. The summed E-state index contributed by atoms with van der Waals surface area (Å²) in [4.78, 5) is 15.5. The fraction of sp³-hybridized carbons (Fsp3) is 0.250. The smallest absolute Gasteiger partial charge is 0.336 e. The van der Waals surface area contributed by atoms with Gasteiger partial charge in [0.05, 0.1) is 26.2 Å². The lowest BCUT2D eigenvalue weighted by atomic mass is 10.1. The fourth-order valence-electron chi connectivity index (χ4n) is 3.61. The first-order valence-corrected chi connectivity index (χ1v) is 9.21. The second-order valence-electron chi connectivity index (χ2n) is 6.79. The van der Waals surface area contributed by atoms with E-state index in [-0.39, 0.29) is 11.3 Å². The molecule has 0 unspecified atom stereocenters. The van der Waals surface area contributed by atoms with Gasteiger partial charge in [0.2, 0.25) is 5.75 Å². The number of nitrogens with zero attached hydrogens (tertiary/aromatic N) is 1. The molecule has 1 fully saturated rings. The van der Waals surface area contributed by atoms with E-state index in [0.29, 0.717) is 11.9 Å². The minimum Gasteiger partial charge on any atom is -0.504 e. The van der Waals surface area contributed by atoms with Crippen LogP contribution in [0, 0.1) is 0 Å². The highest BCUT2D eigenvalue weighted by atomic mass is 35.5. The maximum absolute atomic E-state index is 11.9. The van der Waals surface area contributed by atoms with Crippen molar-refractivity contribution in [2.75, 3.05) is 31.1 Å². The molecule has 1 aliphatic rings. The number of hydrogen-bond acceptors (Lipinski definition) is 5. The van der Waals surface area contributed by atoms with Crippen LogP contribution in [-0.2, 0) is 6.54 Å². The summed E-state index contributed by atoms with van der Waals surface area (Å²) < 4.78 is 5.09. The zero-order valence-electron chi connectivity index (χ0n) is 14.6. The summed E-state index contributed by atoms with van der Waals surface area (Å²) in [5.74, 6) is -0.697. The number of phenolic OH excluding ortho intramolecular Hbond substituents is 2. The van der Waals surface area contributed by atoms with Crippen molar-refractivity contribution in [3.8, 4) is 11.5 Å². The molecule has 2 heterocycles. The molecule has 1 aliphatic heterocycles. The summed E-state index contributed by atoms with van der Waals surface area (Å²) in [5.41, 5.74) is 1.43. The highest BCUT2D eigenvalue weighted by Crippen LogP contribution is 2.33. The number of fused-ring (bicyclic) bond motifs is 1. The maximum Gasteiger partial charge on any atom is 0.336 e. The number of quaternary nitrogens is 1. The van der Waals surface area contributed by atoms with Crippen molar-refractivity contribution in [3.63, 3.8) is 0 Å². The number of phenols is 2. The molecule has 3 aromatic rings. The van der Waals surface area contributed by atoms with Crippen molar-refractivity contribution in [2.24, 2.45) is 0 Å². The Bertz CT molecular complexity index is 1040. The Morgan fingerprint density at radius 1 is 1.11 bits per heavy atom. The summed E-state index contributed by atoms with van der Waals surface area (Å²) in [5, 5.41) is 21.0. The van der Waals surface area contributed by atoms with Crippen LogP contribution in [0.5, 0.6) is 11.5 Å². The molecule has 0 radical (unpaired) electrons. The summed E-state index contributed by atoms with van der Waals surface area (Å²) in [6, 6.07) is 12.4. The summed E-state index contributed by atoms with van der Waals surface area (Å²) >= 11 is 6.09. The van der Waals surface area contributed by atoms with Crippen LogP contribution in [0.1, 0.15) is 5.56 Å². The molecular formula is C20H20ClN2O4+. The minimum absolute atomic E-state index is 0.0365. The monoisotopic (exact) mass is 387 g/mol. The maximum atomic E-state index is 11.9. The van der Waals surface area contributed by atoms with Crippen molar-refractivity contribution in [1.29, 1.82) is 0 Å². The largest absolute Gasteiger partial charge is 0.504 e. The van der Waals surface area contributed by atoms with E-state index in [1.165, 1.54) is 17.0 Å². The van der Waals surface area contributed by atoms with Gasteiger partial charge in [0.25, 0.3) is 0 Å². The van der Waals surface area contributed by atoms with E-state index >= 15 is 0 Å². The number of nitrogens with one attached hydrogen (secondary N) is 1. The first-order valence-electron chi connectivity index (χ1n) is 8.83. The van der Waals surface area contributed by atoms with Gasteiger partial charge in [0, 0.05) is 27.7 Å². The Morgan fingerprint density at radius 2 is 1.89 bits per heavy atom. The Morgan fingerprint density at radius 3 is 2.63 bits per heavy atom. The van der Waals surface area contributed by atoms with Crippen LogP contribution in [0.2, 0.25) is 5.02 Å². The zero-order valence-corrected chi connectivity index (χ0v) is 15.4. The average Bonchev–Trinajstić information content (AvgIpc) is 2.66. The standard InChI is InChI=1S/C20H19ClN2O4/c21-14-2-1-3-15(11-14)23-8-6-22(7-9-23)12-13-10-18(25)27-20-16(13)4-5-17(24)19(20)26/h1-5,10-11,24,26H,6-9,12H2/p+1. The van der Waals surface area contributed by atoms with Crippen LogP contribution in [0.15, 0.2) is 51.7 Å². The number of hydrogen-bond donors (Lipinski definition) is 3. The van der Waals surface area contributed by atoms with Gasteiger partial charge < -0.3 is 24.4 Å². The summed E-state index contributed by atoms with van der Waals surface area (Å²) in [6.07, 6.45) is 0. The van der Waals surface area contributed by atoms with E-state index in [1.54, 1.807) is 6.07 Å². The van der Waals surface area contributed by atoms with Crippen LogP contribution in [0.25, 0.3) is 11.0 Å². The van der Waals surface area contributed by atoms with E-state index in [2.05, 4.69) is 11.0 Å². The third-order valence-electron chi connectivity index (χ3n) is 5.04. The third kappa shape index (κ3) is 3.59. The molecule has 2 aromatic carbocycles. The van der Waals surface area contributed by atoms with E-state index < -0.39 is 11.4 Å². The predicted molar refractivity (Wildman–Crippen MR) is 104 cm³/mol. The molecular weight excluding hydrogens is 368 g/mol. The SMILES string of the molecule is O=c1cc(C[NH+]2CCN(c3cccc(Cl)c3)CC2)c2ccc(O)c(O)c2o1. The number of benzene rings is 2. The first-order chi connectivity index (χ1) is 13.0. The highest BCUT2D eigenvalue weighted by Gasteiger charge is 2.22. The normalized spacial score (nSPS) is 15.4. The topological polar surface area (TPSA) is 78.4 Å². The van der Waals surface area contributed by atoms with Gasteiger partial charge in [-0.3, -0.25) is 0 Å². The van der Waals surface area contributed by atoms with Gasteiger partial charge in [0.15, 0.2) is 11.3 Å². The molecule has 0 aliphatic carbocycles. The molecule has 1 saturated heterocycles. The lowest BCUT2D eigenvalue weighted by Gasteiger charge is -2.33. The number of rotatable bonds is 3. The second-order valence-corrected chi connectivity index (χ2v) is 7.23. The van der Waals surface area contributed by atoms with Crippen LogP contribution in [0.4, 0.5) is 5.69 Å². The minimum atomic E-state index is -0.532. The van der Waals surface area contributed by atoms with Gasteiger partial charge in [-0.25, -0.2) is 4.79 Å². The molecule has 4 rings (SSSR count). The Kier molecular flexibility index (Phi) is 4.68. The third-order valence-corrected chi connectivity index (χ3v) is 5.27. The molecule has 0 bridgehead atoms. The van der Waals surface area contributed by atoms with E-state index in [4.69, 9.17) is 16.0 Å². The molecule has 140 valence electrons. The lowest BCUT2D eigenvalue weighted by Crippen LogP contribution is -3.13. The number of anilines is 1. The number of piperazine rings is 1. The molecule has 0 spiro atoms. The zero-order chi connectivity index (χ0) is 19.0. The van der Waals surface area contributed by atoms with E-state index in [0.717, 1.165) is 42.5 Å². The Hall–Kier alpha value is -2.70. The molecule has 3 N–H and O–H groups in total. The van der Waals surface area contributed by atoms with E-state index in [9.17, 15) is 15.0 Å². The first kappa shape index (κ1) is 17.7. The van der Waals surface area contributed by atoms with Gasteiger partial charge in [-0.2, -0.15) is 0 Å². The van der Waals surface area contributed by atoms with Crippen LogP contribution in [0.3, 0.4) is 0 Å². The van der Waals surface area contributed by atoms with Crippen LogP contribution < -0.4 is 15.4 Å². The molecule has 0 amide bonds. The molecule has 7 heteroatoms. The van der Waals surface area contributed by atoms with Crippen molar-refractivity contribution < 1.29 is 19.5 Å². The molecule has 0 atom stereocenters. The summed E-state index contributed by atoms with van der Waals surface area (Å²) in [7, 11) is 0. The Balaban J connectivity index is 1.53. The van der Waals surface area contributed by atoms with Gasteiger partial charge in [-0.1, -0.05) is 17.7 Å². The predicted octanol–water partition coefficient (Wildman–Crippen LogP) is 1.76. The molecule has 6 nitrogen and oxygen atoms in total. The number of aromatic hydroxyl groups is 2. The average molecular weight is 388 g/mol. The quantitative estimate of drug-likeness (QED) is 0.471. The van der Waals surface area contributed by atoms with Crippen molar-refractivity contribution in [2.45, 2.75) is 6.54 Å².